The fraction of sp³-hybridized carbons (Fsp3) is 0.429. The summed E-state index contributed by atoms with van der Waals surface area (Å²) < 4.78 is 29.6. The Hall–Kier alpha value is -2.08. The second kappa shape index (κ2) is 5.71. The summed E-state index contributed by atoms with van der Waals surface area (Å²) >= 11 is 1.66. The standard InChI is InChI=1S/C21H21F2N3S/c1-21(2,3)16-10-24-20(27-16)18-17-11-4-5-12(8-11)19(17)26(25-18)15-7-6-13(22)9-14(15)23/h6-7,9-12H,4-5,8H2,1-3H3. The zero-order valence-electron chi connectivity index (χ0n) is 15.6. The molecule has 2 aliphatic carbocycles. The van der Waals surface area contributed by atoms with Crippen molar-refractivity contribution < 1.29 is 8.78 Å². The Morgan fingerprint density at radius 3 is 2.63 bits per heavy atom. The summed E-state index contributed by atoms with van der Waals surface area (Å²) in [6.07, 6.45) is 5.29. The van der Waals surface area contributed by atoms with Crippen LogP contribution in [0, 0.1) is 11.6 Å². The number of fused-ring (bicyclic) bond motifs is 5. The van der Waals surface area contributed by atoms with Crippen molar-refractivity contribution >= 4 is 11.3 Å². The summed E-state index contributed by atoms with van der Waals surface area (Å²) in [6.45, 7) is 6.51. The van der Waals surface area contributed by atoms with Crippen LogP contribution in [0.5, 0.6) is 0 Å². The zero-order chi connectivity index (χ0) is 18.9. The van der Waals surface area contributed by atoms with Crippen LogP contribution < -0.4 is 0 Å². The first-order valence-electron chi connectivity index (χ1n) is 9.38. The van der Waals surface area contributed by atoms with Crippen LogP contribution in [0.15, 0.2) is 24.4 Å². The average molecular weight is 385 g/mol. The lowest BCUT2D eigenvalue weighted by Crippen LogP contribution is -2.07. The van der Waals surface area contributed by atoms with E-state index in [1.165, 1.54) is 22.6 Å². The monoisotopic (exact) mass is 385 g/mol. The predicted molar refractivity (Wildman–Crippen MR) is 103 cm³/mol. The lowest BCUT2D eigenvalue weighted by Gasteiger charge is -2.14. The van der Waals surface area contributed by atoms with Crippen molar-refractivity contribution in [2.75, 3.05) is 0 Å². The molecule has 27 heavy (non-hydrogen) atoms. The summed E-state index contributed by atoms with van der Waals surface area (Å²) in [5.41, 5.74) is 3.55. The molecule has 2 aliphatic rings. The maximum Gasteiger partial charge on any atom is 0.151 e. The predicted octanol–water partition coefficient (Wildman–Crippen LogP) is 5.94. The van der Waals surface area contributed by atoms with Crippen LogP contribution in [0.2, 0.25) is 0 Å². The van der Waals surface area contributed by atoms with Crippen LogP contribution in [0.1, 0.15) is 68.0 Å². The van der Waals surface area contributed by atoms with Crippen molar-refractivity contribution in [2.24, 2.45) is 0 Å². The molecule has 2 atom stereocenters. The Labute approximate surface area is 161 Å². The molecule has 0 aliphatic heterocycles. The summed E-state index contributed by atoms with van der Waals surface area (Å²) in [6, 6.07) is 3.70. The van der Waals surface area contributed by atoms with Crippen molar-refractivity contribution in [1.82, 2.24) is 14.8 Å². The van der Waals surface area contributed by atoms with Crippen LogP contribution in [0.3, 0.4) is 0 Å². The maximum absolute atomic E-state index is 14.5. The van der Waals surface area contributed by atoms with Crippen LogP contribution in [-0.2, 0) is 5.41 Å². The zero-order valence-corrected chi connectivity index (χ0v) is 16.4. The molecule has 1 saturated carbocycles. The Morgan fingerprint density at radius 1 is 1.15 bits per heavy atom. The number of benzene rings is 1. The maximum atomic E-state index is 14.5. The van der Waals surface area contributed by atoms with Crippen molar-refractivity contribution in [3.05, 3.63) is 52.2 Å². The van der Waals surface area contributed by atoms with E-state index in [1.54, 1.807) is 16.0 Å². The average Bonchev–Trinajstić information content (AvgIpc) is 3.35. The number of hydrogen-bond donors (Lipinski definition) is 0. The van der Waals surface area contributed by atoms with E-state index in [1.807, 2.05) is 6.20 Å². The van der Waals surface area contributed by atoms with Gasteiger partial charge in [-0.1, -0.05) is 20.8 Å². The van der Waals surface area contributed by atoms with Gasteiger partial charge in [-0.25, -0.2) is 18.4 Å². The fourth-order valence-corrected chi connectivity index (χ4v) is 5.43. The van der Waals surface area contributed by atoms with Gasteiger partial charge in [0.25, 0.3) is 0 Å². The van der Waals surface area contributed by atoms with Gasteiger partial charge in [-0.05, 0) is 42.7 Å². The molecule has 2 heterocycles. The molecule has 2 bridgehead atoms. The van der Waals surface area contributed by atoms with Gasteiger partial charge in [-0.15, -0.1) is 11.3 Å². The van der Waals surface area contributed by atoms with E-state index in [4.69, 9.17) is 5.10 Å². The minimum Gasteiger partial charge on any atom is -0.242 e. The number of aromatic nitrogens is 3. The van der Waals surface area contributed by atoms with Gasteiger partial charge in [0.2, 0.25) is 0 Å². The molecule has 2 unspecified atom stereocenters. The Balaban J connectivity index is 1.70. The molecule has 3 aromatic rings. The molecular formula is C21H21F2N3S. The van der Waals surface area contributed by atoms with Crippen LogP contribution >= 0.6 is 11.3 Å². The number of thiazole rings is 1. The van der Waals surface area contributed by atoms with E-state index in [0.717, 1.165) is 41.7 Å². The van der Waals surface area contributed by atoms with Gasteiger partial charge in [-0.3, -0.25) is 0 Å². The molecule has 1 fully saturated rings. The van der Waals surface area contributed by atoms with Crippen LogP contribution in [0.4, 0.5) is 8.78 Å². The van der Waals surface area contributed by atoms with E-state index >= 15 is 0 Å². The minimum atomic E-state index is -0.579. The van der Waals surface area contributed by atoms with Gasteiger partial charge in [0.1, 0.15) is 22.2 Å². The van der Waals surface area contributed by atoms with Gasteiger partial charge in [-0.2, -0.15) is 5.10 Å². The van der Waals surface area contributed by atoms with Gasteiger partial charge in [0.15, 0.2) is 5.82 Å². The molecule has 0 saturated heterocycles. The number of nitrogens with zero attached hydrogens (tertiary/aromatic N) is 3. The van der Waals surface area contributed by atoms with Crippen molar-refractivity contribution in [1.29, 1.82) is 0 Å². The largest absolute Gasteiger partial charge is 0.242 e. The number of halogens is 2. The molecule has 5 rings (SSSR count). The molecule has 1 aromatic carbocycles. The van der Waals surface area contributed by atoms with Gasteiger partial charge in [0.05, 0.1) is 5.69 Å². The highest BCUT2D eigenvalue weighted by Crippen LogP contribution is 2.56. The molecule has 0 radical (unpaired) electrons. The van der Waals surface area contributed by atoms with E-state index in [2.05, 4.69) is 25.8 Å². The highest BCUT2D eigenvalue weighted by molar-refractivity contribution is 7.15. The highest BCUT2D eigenvalue weighted by atomic mass is 32.1. The molecule has 3 nitrogen and oxygen atoms in total. The van der Waals surface area contributed by atoms with Crippen LogP contribution in [-0.4, -0.2) is 14.8 Å². The van der Waals surface area contributed by atoms with Crippen molar-refractivity contribution in [2.45, 2.75) is 57.3 Å². The quantitative estimate of drug-likeness (QED) is 0.547. The summed E-state index contributed by atoms with van der Waals surface area (Å²) in [5.74, 6) is -0.280. The first-order chi connectivity index (χ1) is 12.8. The number of hydrogen-bond acceptors (Lipinski definition) is 3. The van der Waals surface area contributed by atoms with Gasteiger partial charge >= 0.3 is 0 Å². The fourth-order valence-electron chi connectivity index (χ4n) is 4.46. The Morgan fingerprint density at radius 2 is 1.93 bits per heavy atom. The molecule has 140 valence electrons. The third kappa shape index (κ3) is 2.57. The van der Waals surface area contributed by atoms with Gasteiger partial charge < -0.3 is 0 Å². The lowest BCUT2D eigenvalue weighted by molar-refractivity contribution is 0.567. The third-order valence-electron chi connectivity index (χ3n) is 5.77. The molecule has 0 spiro atoms. The molecule has 2 aromatic heterocycles. The second-order valence-corrected chi connectivity index (χ2v) is 9.67. The summed E-state index contributed by atoms with van der Waals surface area (Å²) in [5, 5.41) is 5.69. The first-order valence-corrected chi connectivity index (χ1v) is 10.2. The van der Waals surface area contributed by atoms with Crippen molar-refractivity contribution in [3.63, 3.8) is 0 Å². The smallest absolute Gasteiger partial charge is 0.151 e. The lowest BCUT2D eigenvalue weighted by atomic mass is 9.95. The minimum absolute atomic E-state index is 0.0315. The Bertz CT molecular complexity index is 1040. The normalized spacial score (nSPS) is 21.1. The second-order valence-electron chi connectivity index (χ2n) is 8.64. The van der Waals surface area contributed by atoms with E-state index in [9.17, 15) is 8.78 Å². The molecule has 0 N–H and O–H groups in total. The highest BCUT2D eigenvalue weighted by Gasteiger charge is 2.43. The molecule has 0 amide bonds. The summed E-state index contributed by atoms with van der Waals surface area (Å²) in [4.78, 5) is 5.85. The molecular weight excluding hydrogens is 364 g/mol. The Kier molecular flexibility index (Phi) is 3.60. The van der Waals surface area contributed by atoms with Crippen molar-refractivity contribution in [3.8, 4) is 16.4 Å². The van der Waals surface area contributed by atoms with Gasteiger partial charge in [0, 0.05) is 28.6 Å². The van der Waals surface area contributed by atoms with Crippen LogP contribution in [0.25, 0.3) is 16.4 Å². The first kappa shape index (κ1) is 17.0. The van der Waals surface area contributed by atoms with E-state index in [-0.39, 0.29) is 5.41 Å². The van der Waals surface area contributed by atoms with E-state index in [0.29, 0.717) is 17.5 Å². The topological polar surface area (TPSA) is 30.7 Å². The third-order valence-corrected chi connectivity index (χ3v) is 7.20. The molecule has 6 heteroatoms. The SMILES string of the molecule is CC(C)(C)c1cnc(-c2nn(-c3ccc(F)cc3F)c3c2C2CCC3C2)s1. The van der Waals surface area contributed by atoms with E-state index < -0.39 is 11.6 Å². The number of rotatable bonds is 2. The summed E-state index contributed by atoms with van der Waals surface area (Å²) in [7, 11) is 0.